The molecule has 0 heterocycles. The summed E-state index contributed by atoms with van der Waals surface area (Å²) in [6.07, 6.45) is 2.32. The maximum atomic E-state index is 11.1. The lowest BCUT2D eigenvalue weighted by Crippen LogP contribution is -2.37. The minimum absolute atomic E-state index is 0.201. The van der Waals surface area contributed by atoms with Crippen LogP contribution in [0.3, 0.4) is 0 Å². The summed E-state index contributed by atoms with van der Waals surface area (Å²) in [6.45, 7) is 2.43. The fourth-order valence-corrected chi connectivity index (χ4v) is 2.23. The number of carbonyl (C=O) groups excluding carboxylic acids is 1. The summed E-state index contributed by atoms with van der Waals surface area (Å²) in [5.41, 5.74) is 6.47. The van der Waals surface area contributed by atoms with Gasteiger partial charge in [-0.2, -0.15) is 0 Å². The first-order valence-electron chi connectivity index (χ1n) is 5.87. The largest absolute Gasteiger partial charge is 0.369 e. The number of nitrogens with two attached hydrogens (primary N) is 1. The van der Waals surface area contributed by atoms with Crippen LogP contribution < -0.4 is 5.73 Å². The predicted octanol–water partition coefficient (Wildman–Crippen LogP) is 2.35. The van der Waals surface area contributed by atoms with E-state index in [1.165, 1.54) is 5.56 Å². The van der Waals surface area contributed by atoms with E-state index in [1.807, 2.05) is 24.3 Å². The average Bonchev–Trinajstić information content (AvgIpc) is 3.09. The normalized spacial score (nSPS) is 17.1. The zero-order valence-corrected chi connectivity index (χ0v) is 10.7. The molecule has 17 heavy (non-hydrogen) atoms. The molecule has 0 aromatic heterocycles. The van der Waals surface area contributed by atoms with Gasteiger partial charge in [-0.25, -0.2) is 0 Å². The molecule has 3 nitrogen and oxygen atoms in total. The van der Waals surface area contributed by atoms with Gasteiger partial charge in [0.1, 0.15) is 0 Å². The van der Waals surface area contributed by atoms with Gasteiger partial charge in [0, 0.05) is 17.1 Å². The Labute approximate surface area is 107 Å². The highest BCUT2D eigenvalue weighted by Gasteiger charge is 2.33. The number of benzene rings is 1. The minimum atomic E-state index is -0.266. The van der Waals surface area contributed by atoms with Crippen LogP contribution in [0.15, 0.2) is 24.3 Å². The molecule has 0 saturated heterocycles. The fraction of sp³-hybridized carbons (Fsp3) is 0.462. The Morgan fingerprint density at radius 3 is 2.53 bits per heavy atom. The number of hydrogen-bond acceptors (Lipinski definition) is 2. The summed E-state index contributed by atoms with van der Waals surface area (Å²) in [6, 6.07) is 8.47. The molecular formula is C13H17ClN2O. The standard InChI is InChI=1S/C13H17ClN2O/c1-9(10-2-4-11(14)5-3-10)16(8-13(15)17)12-6-7-12/h2-5,9,12H,6-8H2,1H3,(H2,15,17)/t9-/m1/s1. The molecular weight excluding hydrogens is 236 g/mol. The van der Waals surface area contributed by atoms with Crippen molar-refractivity contribution in [2.24, 2.45) is 5.73 Å². The summed E-state index contributed by atoms with van der Waals surface area (Å²) in [4.78, 5) is 13.3. The van der Waals surface area contributed by atoms with Crippen molar-refractivity contribution < 1.29 is 4.79 Å². The van der Waals surface area contributed by atoms with E-state index in [9.17, 15) is 4.79 Å². The zero-order chi connectivity index (χ0) is 12.4. The number of rotatable bonds is 5. The Balaban J connectivity index is 2.12. The highest BCUT2D eigenvalue weighted by atomic mass is 35.5. The van der Waals surface area contributed by atoms with E-state index in [0.717, 1.165) is 17.9 Å². The van der Waals surface area contributed by atoms with Crippen LogP contribution in [0.1, 0.15) is 31.4 Å². The summed E-state index contributed by atoms with van der Waals surface area (Å²) in [5, 5.41) is 0.730. The van der Waals surface area contributed by atoms with Crippen molar-refractivity contribution in [2.75, 3.05) is 6.54 Å². The molecule has 1 amide bonds. The van der Waals surface area contributed by atoms with Crippen molar-refractivity contribution in [3.63, 3.8) is 0 Å². The van der Waals surface area contributed by atoms with Crippen molar-refractivity contribution in [3.05, 3.63) is 34.9 Å². The molecule has 1 aromatic rings. The second kappa shape index (κ2) is 5.07. The lowest BCUT2D eigenvalue weighted by atomic mass is 10.1. The molecule has 0 unspecified atom stereocenters. The summed E-state index contributed by atoms with van der Waals surface area (Å²) < 4.78 is 0. The molecule has 0 aliphatic heterocycles. The van der Waals surface area contributed by atoms with Gasteiger partial charge in [-0.05, 0) is 37.5 Å². The van der Waals surface area contributed by atoms with Crippen LogP contribution in [-0.4, -0.2) is 23.4 Å². The van der Waals surface area contributed by atoms with Crippen LogP contribution >= 0.6 is 11.6 Å². The molecule has 0 bridgehead atoms. The van der Waals surface area contributed by atoms with E-state index in [0.29, 0.717) is 12.6 Å². The maximum absolute atomic E-state index is 11.1. The fourth-order valence-electron chi connectivity index (χ4n) is 2.10. The molecule has 0 radical (unpaired) electrons. The van der Waals surface area contributed by atoms with Crippen LogP contribution in [0.5, 0.6) is 0 Å². The van der Waals surface area contributed by atoms with E-state index >= 15 is 0 Å². The SMILES string of the molecule is C[C@H](c1ccc(Cl)cc1)N(CC(N)=O)C1CC1. The number of halogens is 1. The average molecular weight is 253 g/mol. The Morgan fingerprint density at radius 2 is 2.06 bits per heavy atom. The van der Waals surface area contributed by atoms with Gasteiger partial charge in [-0.1, -0.05) is 23.7 Å². The Kier molecular flexibility index (Phi) is 3.69. The van der Waals surface area contributed by atoms with Gasteiger partial charge in [0.05, 0.1) is 6.54 Å². The molecule has 1 aliphatic rings. The highest BCUT2D eigenvalue weighted by Crippen LogP contribution is 2.34. The van der Waals surface area contributed by atoms with Crippen LogP contribution in [0, 0.1) is 0 Å². The summed E-state index contributed by atoms with van der Waals surface area (Å²) in [7, 11) is 0. The second-order valence-electron chi connectivity index (χ2n) is 4.60. The monoisotopic (exact) mass is 252 g/mol. The van der Waals surface area contributed by atoms with Gasteiger partial charge < -0.3 is 5.73 Å². The Morgan fingerprint density at radius 1 is 1.47 bits per heavy atom. The van der Waals surface area contributed by atoms with Gasteiger partial charge in [0.25, 0.3) is 0 Å². The minimum Gasteiger partial charge on any atom is -0.369 e. The number of carbonyl (C=O) groups is 1. The van der Waals surface area contributed by atoms with E-state index in [4.69, 9.17) is 17.3 Å². The molecule has 1 atom stereocenters. The first-order chi connectivity index (χ1) is 8.08. The summed E-state index contributed by atoms with van der Waals surface area (Å²) >= 11 is 5.87. The third-order valence-electron chi connectivity index (χ3n) is 3.20. The number of primary amides is 1. The summed E-state index contributed by atoms with van der Waals surface area (Å²) in [5.74, 6) is -0.266. The van der Waals surface area contributed by atoms with Gasteiger partial charge in [-0.3, -0.25) is 9.69 Å². The Bertz CT molecular complexity index is 400. The zero-order valence-electron chi connectivity index (χ0n) is 9.90. The third-order valence-corrected chi connectivity index (χ3v) is 3.46. The molecule has 0 spiro atoms. The third kappa shape index (κ3) is 3.20. The molecule has 4 heteroatoms. The molecule has 1 aliphatic carbocycles. The highest BCUT2D eigenvalue weighted by molar-refractivity contribution is 6.30. The lowest BCUT2D eigenvalue weighted by molar-refractivity contribution is -0.119. The molecule has 1 saturated carbocycles. The molecule has 1 fully saturated rings. The number of hydrogen-bond donors (Lipinski definition) is 1. The molecule has 2 rings (SSSR count). The predicted molar refractivity (Wildman–Crippen MR) is 68.8 cm³/mol. The first-order valence-corrected chi connectivity index (χ1v) is 6.25. The van der Waals surface area contributed by atoms with Crippen molar-refractivity contribution in [1.82, 2.24) is 4.90 Å². The van der Waals surface area contributed by atoms with E-state index in [-0.39, 0.29) is 11.9 Å². The quantitative estimate of drug-likeness (QED) is 0.875. The van der Waals surface area contributed by atoms with Gasteiger partial charge in [0.15, 0.2) is 0 Å². The van der Waals surface area contributed by atoms with Crippen LogP contribution in [0.25, 0.3) is 0 Å². The van der Waals surface area contributed by atoms with Crippen LogP contribution in [0.2, 0.25) is 5.02 Å². The van der Waals surface area contributed by atoms with Crippen molar-refractivity contribution in [2.45, 2.75) is 31.8 Å². The molecule has 1 aromatic carbocycles. The van der Waals surface area contributed by atoms with Gasteiger partial charge in [-0.15, -0.1) is 0 Å². The van der Waals surface area contributed by atoms with Gasteiger partial charge in [0.2, 0.25) is 5.91 Å². The Hall–Kier alpha value is -1.06. The number of amides is 1. The van der Waals surface area contributed by atoms with E-state index < -0.39 is 0 Å². The second-order valence-corrected chi connectivity index (χ2v) is 5.03. The van der Waals surface area contributed by atoms with E-state index in [1.54, 1.807) is 0 Å². The van der Waals surface area contributed by atoms with Crippen molar-refractivity contribution in [3.8, 4) is 0 Å². The molecule has 2 N–H and O–H groups in total. The topological polar surface area (TPSA) is 46.3 Å². The van der Waals surface area contributed by atoms with Crippen LogP contribution in [0.4, 0.5) is 0 Å². The van der Waals surface area contributed by atoms with Crippen molar-refractivity contribution in [1.29, 1.82) is 0 Å². The van der Waals surface area contributed by atoms with Crippen LogP contribution in [-0.2, 0) is 4.79 Å². The molecule has 92 valence electrons. The van der Waals surface area contributed by atoms with Gasteiger partial charge >= 0.3 is 0 Å². The smallest absolute Gasteiger partial charge is 0.231 e. The number of nitrogens with zero attached hydrogens (tertiary/aromatic N) is 1. The van der Waals surface area contributed by atoms with Crippen molar-refractivity contribution >= 4 is 17.5 Å². The first kappa shape index (κ1) is 12.4. The maximum Gasteiger partial charge on any atom is 0.231 e. The lowest BCUT2D eigenvalue weighted by Gasteiger charge is -2.28. The van der Waals surface area contributed by atoms with E-state index in [2.05, 4.69) is 11.8 Å².